The molecule has 0 aromatic carbocycles. The molecule has 2 rings (SSSR count). The van der Waals surface area contributed by atoms with Crippen molar-refractivity contribution in [1.29, 1.82) is 10.5 Å². The van der Waals surface area contributed by atoms with Gasteiger partial charge in [-0.05, 0) is 13.8 Å². The van der Waals surface area contributed by atoms with Crippen LogP contribution in [-0.2, 0) is 0 Å². The molecule has 0 saturated heterocycles. The summed E-state index contributed by atoms with van der Waals surface area (Å²) in [4.78, 5) is 3.90. The van der Waals surface area contributed by atoms with Crippen molar-refractivity contribution in [2.45, 2.75) is 19.8 Å². The molecule has 1 aliphatic rings. The first-order chi connectivity index (χ1) is 9.51. The lowest BCUT2D eigenvalue weighted by Crippen LogP contribution is -2.23. The fraction of sp³-hybridized carbons (Fsp3) is 0.214. The minimum atomic E-state index is -0.561. The molecule has 20 heavy (non-hydrogen) atoms. The molecule has 1 aromatic rings. The zero-order chi connectivity index (χ0) is 14.9. The average molecular weight is 305 g/mol. The third-order valence-electron chi connectivity index (χ3n) is 3.18. The average Bonchev–Trinajstić information content (AvgIpc) is 2.38. The Hall–Kier alpha value is -2.01. The number of rotatable bonds is 1. The van der Waals surface area contributed by atoms with Crippen LogP contribution in [-0.4, -0.2) is 4.98 Å². The van der Waals surface area contributed by atoms with Gasteiger partial charge in [0.1, 0.15) is 0 Å². The normalized spacial score (nSPS) is 15.7. The number of aromatic nitrogens is 1. The van der Waals surface area contributed by atoms with Crippen LogP contribution in [0.3, 0.4) is 0 Å². The molecule has 0 saturated carbocycles. The molecule has 0 amide bonds. The van der Waals surface area contributed by atoms with Gasteiger partial charge in [-0.15, -0.1) is 0 Å². The maximum absolute atomic E-state index is 9.39. The van der Waals surface area contributed by atoms with E-state index in [1.165, 1.54) is 12.4 Å². The van der Waals surface area contributed by atoms with Crippen LogP contribution in [0.2, 0.25) is 10.0 Å². The Balaban J connectivity index is 2.77. The summed E-state index contributed by atoms with van der Waals surface area (Å²) in [6.07, 6.45) is 2.92. The Morgan fingerprint density at radius 2 is 1.50 bits per heavy atom. The second-order valence-corrected chi connectivity index (χ2v) is 5.19. The van der Waals surface area contributed by atoms with E-state index in [0.717, 1.165) is 0 Å². The van der Waals surface area contributed by atoms with Crippen LogP contribution >= 0.6 is 23.2 Å². The molecule has 1 aliphatic heterocycles. The third-order valence-corrected chi connectivity index (χ3v) is 3.78. The number of hydrogen-bond acceptors (Lipinski definition) is 4. The zero-order valence-corrected chi connectivity index (χ0v) is 12.3. The summed E-state index contributed by atoms with van der Waals surface area (Å²) in [6.45, 7) is 3.57. The maximum atomic E-state index is 9.39. The first-order valence-electron chi connectivity index (χ1n) is 5.78. The van der Waals surface area contributed by atoms with Gasteiger partial charge < -0.3 is 5.32 Å². The van der Waals surface area contributed by atoms with Crippen LogP contribution in [0.1, 0.15) is 25.3 Å². The SMILES string of the molecule is CC1=C(C#N)C(c2c(Cl)cncc2Cl)C(C#N)=C(C)N1. The predicted octanol–water partition coefficient (Wildman–Crippen LogP) is 3.67. The van der Waals surface area contributed by atoms with E-state index >= 15 is 0 Å². The highest BCUT2D eigenvalue weighted by molar-refractivity contribution is 6.36. The van der Waals surface area contributed by atoms with Gasteiger partial charge in [-0.2, -0.15) is 10.5 Å². The molecule has 0 fully saturated rings. The smallest absolute Gasteiger partial charge is 0.0975 e. The topological polar surface area (TPSA) is 72.5 Å². The van der Waals surface area contributed by atoms with E-state index in [9.17, 15) is 10.5 Å². The van der Waals surface area contributed by atoms with Gasteiger partial charge in [-0.25, -0.2) is 0 Å². The summed E-state index contributed by atoms with van der Waals surface area (Å²) in [5, 5.41) is 22.5. The number of nitrogens with zero attached hydrogens (tertiary/aromatic N) is 3. The highest BCUT2D eigenvalue weighted by atomic mass is 35.5. The quantitative estimate of drug-likeness (QED) is 0.859. The molecule has 2 heterocycles. The van der Waals surface area contributed by atoms with Gasteiger partial charge in [0.05, 0.1) is 39.2 Å². The summed E-state index contributed by atoms with van der Waals surface area (Å²) < 4.78 is 0. The van der Waals surface area contributed by atoms with Gasteiger partial charge in [-0.1, -0.05) is 23.2 Å². The number of pyridine rings is 1. The molecule has 1 N–H and O–H groups in total. The Morgan fingerprint density at radius 1 is 1.05 bits per heavy atom. The standard InChI is InChI=1S/C14H10Cl2N4/c1-7-9(3-17)13(10(4-18)8(2)20-7)14-11(15)5-19-6-12(14)16/h5-6,13,20H,1-2H3. The lowest BCUT2D eigenvalue weighted by Gasteiger charge is -2.27. The summed E-state index contributed by atoms with van der Waals surface area (Å²) in [6, 6.07) is 4.27. The molecule has 0 bridgehead atoms. The van der Waals surface area contributed by atoms with E-state index in [2.05, 4.69) is 22.4 Å². The van der Waals surface area contributed by atoms with Crippen molar-refractivity contribution in [2.24, 2.45) is 0 Å². The molecule has 0 aliphatic carbocycles. The van der Waals surface area contributed by atoms with E-state index < -0.39 is 5.92 Å². The van der Waals surface area contributed by atoms with Gasteiger partial charge in [0, 0.05) is 29.4 Å². The number of nitrogens with one attached hydrogen (secondary N) is 1. The van der Waals surface area contributed by atoms with Crippen LogP contribution in [0.5, 0.6) is 0 Å². The van der Waals surface area contributed by atoms with E-state index in [1.54, 1.807) is 13.8 Å². The Labute approximate surface area is 126 Å². The summed E-state index contributed by atoms with van der Waals surface area (Å²) in [7, 11) is 0. The van der Waals surface area contributed by atoms with Crippen molar-refractivity contribution in [3.63, 3.8) is 0 Å². The summed E-state index contributed by atoms with van der Waals surface area (Å²) in [5.41, 5.74) is 2.79. The highest BCUT2D eigenvalue weighted by Gasteiger charge is 2.32. The van der Waals surface area contributed by atoms with E-state index in [0.29, 0.717) is 38.1 Å². The third kappa shape index (κ3) is 2.25. The Kier molecular flexibility index (Phi) is 3.99. The number of hydrogen-bond donors (Lipinski definition) is 1. The fourth-order valence-corrected chi connectivity index (χ4v) is 2.86. The van der Waals surface area contributed by atoms with Gasteiger partial charge in [-0.3, -0.25) is 4.98 Å². The minimum absolute atomic E-state index is 0.338. The van der Waals surface area contributed by atoms with Crippen molar-refractivity contribution >= 4 is 23.2 Å². The lowest BCUT2D eigenvalue weighted by molar-refractivity contribution is 0.813. The van der Waals surface area contributed by atoms with E-state index in [1.807, 2.05) is 0 Å². The summed E-state index contributed by atoms with van der Waals surface area (Å²) in [5.74, 6) is -0.561. The molecule has 4 nitrogen and oxygen atoms in total. The van der Waals surface area contributed by atoms with Gasteiger partial charge in [0.2, 0.25) is 0 Å². The van der Waals surface area contributed by atoms with Gasteiger partial charge >= 0.3 is 0 Å². The first kappa shape index (κ1) is 14.4. The molecule has 0 unspecified atom stereocenters. The van der Waals surface area contributed by atoms with Crippen molar-refractivity contribution < 1.29 is 0 Å². The number of allylic oxidation sites excluding steroid dienone is 4. The molecular weight excluding hydrogens is 295 g/mol. The molecular formula is C14H10Cl2N4. The Bertz CT molecular complexity index is 663. The minimum Gasteiger partial charge on any atom is -0.361 e. The second kappa shape index (κ2) is 5.54. The molecule has 6 heteroatoms. The number of halogens is 2. The monoisotopic (exact) mass is 304 g/mol. The van der Waals surface area contributed by atoms with Crippen molar-refractivity contribution in [2.75, 3.05) is 0 Å². The van der Waals surface area contributed by atoms with Crippen molar-refractivity contribution in [1.82, 2.24) is 10.3 Å². The van der Waals surface area contributed by atoms with Crippen LogP contribution in [0.4, 0.5) is 0 Å². The van der Waals surface area contributed by atoms with Crippen LogP contribution in [0.15, 0.2) is 34.9 Å². The van der Waals surface area contributed by atoms with Crippen molar-refractivity contribution in [3.05, 3.63) is 50.5 Å². The van der Waals surface area contributed by atoms with Crippen LogP contribution < -0.4 is 5.32 Å². The lowest BCUT2D eigenvalue weighted by atomic mass is 9.82. The number of dihydropyridines is 1. The summed E-state index contributed by atoms with van der Waals surface area (Å²) >= 11 is 12.3. The molecule has 0 atom stereocenters. The zero-order valence-electron chi connectivity index (χ0n) is 10.8. The maximum Gasteiger partial charge on any atom is 0.0975 e. The van der Waals surface area contributed by atoms with Gasteiger partial charge in [0.15, 0.2) is 0 Å². The van der Waals surface area contributed by atoms with E-state index in [-0.39, 0.29) is 0 Å². The molecule has 100 valence electrons. The predicted molar refractivity (Wildman–Crippen MR) is 76.8 cm³/mol. The first-order valence-corrected chi connectivity index (χ1v) is 6.54. The van der Waals surface area contributed by atoms with E-state index in [4.69, 9.17) is 23.2 Å². The van der Waals surface area contributed by atoms with Gasteiger partial charge in [0.25, 0.3) is 0 Å². The molecule has 1 aromatic heterocycles. The number of nitriles is 2. The largest absolute Gasteiger partial charge is 0.361 e. The molecule has 0 spiro atoms. The second-order valence-electron chi connectivity index (χ2n) is 4.38. The van der Waals surface area contributed by atoms with Crippen LogP contribution in [0.25, 0.3) is 0 Å². The van der Waals surface area contributed by atoms with Crippen LogP contribution in [0, 0.1) is 22.7 Å². The fourth-order valence-electron chi connectivity index (χ4n) is 2.28. The highest BCUT2D eigenvalue weighted by Crippen LogP contribution is 2.42. The van der Waals surface area contributed by atoms with Crippen molar-refractivity contribution in [3.8, 4) is 12.1 Å². The Morgan fingerprint density at radius 3 is 1.90 bits per heavy atom. The molecule has 0 radical (unpaired) electrons.